The Kier molecular flexibility index (Phi) is 7.57. The number of carbonyl (C=O) groups excluding carboxylic acids is 1. The van der Waals surface area contributed by atoms with E-state index in [1.54, 1.807) is 23.1 Å². The number of halogens is 2. The number of carbonyl (C=O) groups is 2. The summed E-state index contributed by atoms with van der Waals surface area (Å²) in [6.07, 6.45) is 3.38. The molecule has 1 amide bonds. The van der Waals surface area contributed by atoms with Crippen molar-refractivity contribution in [3.8, 4) is 0 Å². The van der Waals surface area contributed by atoms with Gasteiger partial charge in [-0.2, -0.15) is 0 Å². The van der Waals surface area contributed by atoms with Crippen LogP contribution in [0, 0.1) is 11.3 Å². The third-order valence-electron chi connectivity index (χ3n) is 8.59. The van der Waals surface area contributed by atoms with Gasteiger partial charge >= 0.3 is 5.97 Å². The molecule has 204 valence electrons. The number of nitrogens with zero attached hydrogens (tertiary/aromatic N) is 1. The summed E-state index contributed by atoms with van der Waals surface area (Å²) >= 11 is 12.6. The number of hydrogen-bond donors (Lipinski definition) is 1. The molecule has 0 radical (unpaired) electrons. The topological polar surface area (TPSA) is 91.8 Å². The molecule has 0 unspecified atom stereocenters. The number of carboxylic acid groups (broad SMARTS) is 1. The highest BCUT2D eigenvalue weighted by molar-refractivity contribution is 7.92. The lowest BCUT2D eigenvalue weighted by molar-refractivity contribution is -0.162. The third-order valence-corrected chi connectivity index (χ3v) is 11.4. The van der Waals surface area contributed by atoms with Crippen LogP contribution in [-0.4, -0.2) is 47.3 Å². The van der Waals surface area contributed by atoms with Gasteiger partial charge in [0, 0.05) is 22.0 Å². The van der Waals surface area contributed by atoms with Crippen molar-refractivity contribution in [3.05, 3.63) is 69.7 Å². The van der Waals surface area contributed by atoms with Crippen molar-refractivity contribution in [1.82, 2.24) is 4.90 Å². The van der Waals surface area contributed by atoms with Crippen LogP contribution < -0.4 is 0 Å². The van der Waals surface area contributed by atoms with Crippen molar-refractivity contribution >= 4 is 44.9 Å². The van der Waals surface area contributed by atoms with Gasteiger partial charge in [-0.05, 0) is 79.8 Å². The first-order valence-electron chi connectivity index (χ1n) is 13.3. The summed E-state index contributed by atoms with van der Waals surface area (Å²) < 4.78 is 26.6. The van der Waals surface area contributed by atoms with Gasteiger partial charge in [0.1, 0.15) is 0 Å². The van der Waals surface area contributed by atoms with Crippen LogP contribution in [0.5, 0.6) is 0 Å². The Labute approximate surface area is 234 Å². The van der Waals surface area contributed by atoms with Crippen LogP contribution in [0.15, 0.2) is 48.5 Å². The van der Waals surface area contributed by atoms with Crippen LogP contribution in [0.1, 0.15) is 75.0 Å². The van der Waals surface area contributed by atoms with Crippen LogP contribution in [0.4, 0.5) is 0 Å². The van der Waals surface area contributed by atoms with Gasteiger partial charge in [-0.1, -0.05) is 54.4 Å². The molecule has 6 nitrogen and oxygen atoms in total. The Morgan fingerprint density at radius 2 is 1.74 bits per heavy atom. The molecule has 1 heterocycles. The highest BCUT2D eigenvalue weighted by Gasteiger charge is 2.56. The molecule has 2 aliphatic carbocycles. The van der Waals surface area contributed by atoms with E-state index in [4.69, 9.17) is 23.2 Å². The fraction of sp³-hybridized carbons (Fsp3) is 0.517. The van der Waals surface area contributed by atoms with E-state index in [1.165, 1.54) is 0 Å². The van der Waals surface area contributed by atoms with Gasteiger partial charge < -0.3 is 10.0 Å². The van der Waals surface area contributed by atoms with E-state index < -0.39 is 33.3 Å². The van der Waals surface area contributed by atoms with E-state index in [0.29, 0.717) is 35.7 Å². The zero-order valence-corrected chi connectivity index (χ0v) is 23.7. The number of benzene rings is 2. The molecule has 0 aromatic heterocycles. The van der Waals surface area contributed by atoms with Gasteiger partial charge in [-0.25, -0.2) is 8.42 Å². The van der Waals surface area contributed by atoms with Crippen molar-refractivity contribution in [2.75, 3.05) is 5.75 Å². The maximum Gasteiger partial charge on any atom is 0.304 e. The van der Waals surface area contributed by atoms with Crippen LogP contribution in [0.25, 0.3) is 0 Å². The zero-order valence-electron chi connectivity index (χ0n) is 21.4. The van der Waals surface area contributed by atoms with Crippen molar-refractivity contribution in [2.24, 2.45) is 11.3 Å². The molecule has 3 fully saturated rings. The van der Waals surface area contributed by atoms with Gasteiger partial charge in [0.15, 0.2) is 9.84 Å². The normalized spacial score (nSPS) is 26.8. The Balaban J connectivity index is 1.70. The minimum atomic E-state index is -3.38. The number of aliphatic carboxylic acids is 1. The Bertz CT molecular complexity index is 1320. The summed E-state index contributed by atoms with van der Waals surface area (Å²) in [4.78, 5) is 28.5. The molecule has 0 spiro atoms. The summed E-state index contributed by atoms with van der Waals surface area (Å²) in [7, 11) is -3.38. The summed E-state index contributed by atoms with van der Waals surface area (Å²) in [5.74, 6) is -1.60. The molecule has 2 aromatic carbocycles. The SMILES string of the molecule is CC[C@]1(CC(=O)O)C[C@H](c2cccc(Cl)c2)[C@@H](c2ccc(Cl)cc2)N([C@H](CS(=O)(=O)C2CC2)C2CC2)C1=O. The third kappa shape index (κ3) is 5.47. The van der Waals surface area contributed by atoms with Gasteiger partial charge in [-0.15, -0.1) is 0 Å². The number of sulfone groups is 1. The predicted octanol–water partition coefficient (Wildman–Crippen LogP) is 6.28. The van der Waals surface area contributed by atoms with E-state index in [2.05, 4.69) is 0 Å². The number of likely N-dealkylation sites (tertiary alicyclic amines) is 1. The number of piperidine rings is 1. The second-order valence-electron chi connectivity index (χ2n) is 11.2. The lowest BCUT2D eigenvalue weighted by Gasteiger charge is -2.53. The molecule has 2 saturated carbocycles. The predicted molar refractivity (Wildman–Crippen MR) is 148 cm³/mol. The van der Waals surface area contributed by atoms with E-state index in [9.17, 15) is 23.1 Å². The maximum absolute atomic E-state index is 14.6. The minimum Gasteiger partial charge on any atom is -0.481 e. The Morgan fingerprint density at radius 1 is 1.05 bits per heavy atom. The largest absolute Gasteiger partial charge is 0.481 e. The molecular weight excluding hydrogens is 545 g/mol. The second-order valence-corrected chi connectivity index (χ2v) is 14.4. The average Bonchev–Trinajstić information content (AvgIpc) is 3.76. The van der Waals surface area contributed by atoms with Crippen LogP contribution in [-0.2, 0) is 19.4 Å². The highest BCUT2D eigenvalue weighted by atomic mass is 35.5. The van der Waals surface area contributed by atoms with Crippen molar-refractivity contribution in [1.29, 1.82) is 0 Å². The highest BCUT2D eigenvalue weighted by Crippen LogP contribution is 2.55. The minimum absolute atomic E-state index is 0.0692. The maximum atomic E-state index is 14.6. The lowest BCUT2D eigenvalue weighted by Crippen LogP contribution is -2.59. The molecule has 3 aliphatic rings. The molecule has 1 N–H and O–H groups in total. The van der Waals surface area contributed by atoms with Crippen molar-refractivity contribution in [2.45, 2.75) is 75.1 Å². The molecule has 9 heteroatoms. The van der Waals surface area contributed by atoms with Crippen molar-refractivity contribution in [3.63, 3.8) is 0 Å². The molecule has 5 rings (SSSR count). The molecular formula is C29H33Cl2NO5S. The van der Waals surface area contributed by atoms with Gasteiger partial charge in [0.2, 0.25) is 5.91 Å². The van der Waals surface area contributed by atoms with Crippen LogP contribution >= 0.6 is 23.2 Å². The summed E-state index contributed by atoms with van der Waals surface area (Å²) in [5.41, 5.74) is 0.595. The molecule has 4 atom stereocenters. The molecule has 2 aromatic rings. The monoisotopic (exact) mass is 577 g/mol. The molecule has 38 heavy (non-hydrogen) atoms. The van der Waals surface area contributed by atoms with Gasteiger partial charge in [0.25, 0.3) is 0 Å². The standard InChI is InChI=1S/C29H33Cl2NO5S/c1-2-29(16-26(33)34)15-24(20-4-3-5-22(31)14-20)27(19-8-10-21(30)11-9-19)32(28(29)35)25(18-6-7-18)17-38(36,37)23-12-13-23/h3-5,8-11,14,18,23-25,27H,2,6-7,12-13,15-17H2,1H3,(H,33,34)/t24-,25-,27-,29-/m1/s1. The Morgan fingerprint density at radius 3 is 2.29 bits per heavy atom. The fourth-order valence-corrected chi connectivity index (χ4v) is 8.60. The smallest absolute Gasteiger partial charge is 0.304 e. The van der Waals surface area contributed by atoms with Crippen molar-refractivity contribution < 1.29 is 23.1 Å². The van der Waals surface area contributed by atoms with Crippen LogP contribution in [0.2, 0.25) is 10.0 Å². The molecule has 1 aliphatic heterocycles. The number of hydrogen-bond acceptors (Lipinski definition) is 4. The van der Waals surface area contributed by atoms with E-state index >= 15 is 0 Å². The quantitative estimate of drug-likeness (QED) is 0.359. The summed E-state index contributed by atoms with van der Waals surface area (Å²) in [6.45, 7) is 1.85. The summed E-state index contributed by atoms with van der Waals surface area (Å²) in [5, 5.41) is 10.7. The van der Waals surface area contributed by atoms with Gasteiger partial charge in [0.05, 0.1) is 28.9 Å². The first kappa shape index (κ1) is 27.5. The summed E-state index contributed by atoms with van der Waals surface area (Å²) in [6, 6.07) is 13.8. The van der Waals surface area contributed by atoms with E-state index in [0.717, 1.165) is 24.0 Å². The Hall–Kier alpha value is -2.09. The first-order chi connectivity index (χ1) is 18.0. The first-order valence-corrected chi connectivity index (χ1v) is 15.8. The zero-order chi connectivity index (χ0) is 27.2. The number of carboxylic acids is 1. The van der Waals surface area contributed by atoms with Crippen LogP contribution in [0.3, 0.4) is 0 Å². The lowest BCUT2D eigenvalue weighted by atomic mass is 9.65. The molecule has 0 bridgehead atoms. The number of rotatable bonds is 10. The second kappa shape index (κ2) is 10.5. The molecule has 1 saturated heterocycles. The van der Waals surface area contributed by atoms with E-state index in [-0.39, 0.29) is 35.2 Å². The number of amides is 1. The van der Waals surface area contributed by atoms with Gasteiger partial charge in [-0.3, -0.25) is 9.59 Å². The average molecular weight is 579 g/mol. The fourth-order valence-electron chi connectivity index (χ4n) is 6.24. The van der Waals surface area contributed by atoms with E-state index in [1.807, 2.05) is 37.3 Å².